The molecule has 0 aliphatic carbocycles. The maximum Gasteiger partial charge on any atom is 0.126 e. The van der Waals surface area contributed by atoms with Gasteiger partial charge in [0.15, 0.2) is 0 Å². The Balaban J connectivity index is 2.36. The molecule has 0 aromatic carbocycles. The SMILES string of the molecule is CCc1cnc(-c2cncnc2)s1. The van der Waals surface area contributed by atoms with Gasteiger partial charge >= 0.3 is 0 Å². The van der Waals surface area contributed by atoms with Crippen LogP contribution in [0.2, 0.25) is 0 Å². The maximum absolute atomic E-state index is 4.30. The highest BCUT2D eigenvalue weighted by atomic mass is 32.1. The molecule has 2 aromatic rings. The fourth-order valence-corrected chi connectivity index (χ4v) is 1.84. The highest BCUT2D eigenvalue weighted by Crippen LogP contribution is 2.23. The zero-order valence-corrected chi connectivity index (χ0v) is 8.08. The standard InChI is InChI=1S/C9H9N3S/c1-2-8-5-12-9(13-8)7-3-10-6-11-4-7/h3-6H,2H2,1H3. The van der Waals surface area contributed by atoms with Crippen LogP contribution in [0.4, 0.5) is 0 Å². The molecule has 0 atom stereocenters. The van der Waals surface area contributed by atoms with Crippen LogP contribution in [0.1, 0.15) is 11.8 Å². The van der Waals surface area contributed by atoms with E-state index in [1.54, 1.807) is 23.7 Å². The van der Waals surface area contributed by atoms with Crippen molar-refractivity contribution in [3.8, 4) is 10.6 Å². The number of aromatic nitrogens is 3. The topological polar surface area (TPSA) is 38.7 Å². The summed E-state index contributed by atoms with van der Waals surface area (Å²) >= 11 is 1.69. The molecule has 66 valence electrons. The first kappa shape index (κ1) is 8.31. The van der Waals surface area contributed by atoms with Crippen LogP contribution in [0.15, 0.2) is 24.9 Å². The molecule has 2 rings (SSSR count). The van der Waals surface area contributed by atoms with Crippen molar-refractivity contribution in [3.05, 3.63) is 29.8 Å². The molecular weight excluding hydrogens is 182 g/mol. The van der Waals surface area contributed by atoms with Crippen LogP contribution in [0, 0.1) is 0 Å². The van der Waals surface area contributed by atoms with E-state index in [-0.39, 0.29) is 0 Å². The summed E-state index contributed by atoms with van der Waals surface area (Å²) in [6.07, 6.45) is 8.03. The van der Waals surface area contributed by atoms with E-state index in [1.807, 2.05) is 6.20 Å². The summed E-state index contributed by atoms with van der Waals surface area (Å²) in [7, 11) is 0. The summed E-state index contributed by atoms with van der Waals surface area (Å²) in [5, 5.41) is 0.998. The molecule has 0 fully saturated rings. The molecule has 0 N–H and O–H groups in total. The molecule has 3 nitrogen and oxygen atoms in total. The van der Waals surface area contributed by atoms with Gasteiger partial charge in [0.05, 0.1) is 0 Å². The first-order valence-corrected chi connectivity index (χ1v) is 4.92. The van der Waals surface area contributed by atoms with Crippen molar-refractivity contribution < 1.29 is 0 Å². The monoisotopic (exact) mass is 191 g/mol. The molecule has 0 aliphatic rings. The van der Waals surface area contributed by atoms with Gasteiger partial charge in [0, 0.05) is 29.0 Å². The number of thiazole rings is 1. The molecule has 13 heavy (non-hydrogen) atoms. The van der Waals surface area contributed by atoms with E-state index < -0.39 is 0 Å². The van der Waals surface area contributed by atoms with Gasteiger partial charge in [-0.25, -0.2) is 15.0 Å². The van der Waals surface area contributed by atoms with Crippen molar-refractivity contribution in [3.63, 3.8) is 0 Å². The fourth-order valence-electron chi connectivity index (χ4n) is 1.01. The number of nitrogens with zero attached hydrogens (tertiary/aromatic N) is 3. The Bertz CT molecular complexity index is 383. The zero-order chi connectivity index (χ0) is 9.10. The minimum atomic E-state index is 0.993. The van der Waals surface area contributed by atoms with Crippen LogP contribution < -0.4 is 0 Å². The highest BCUT2D eigenvalue weighted by Gasteiger charge is 2.02. The second-order valence-electron chi connectivity index (χ2n) is 2.61. The molecule has 0 unspecified atom stereocenters. The Labute approximate surface area is 80.5 Å². The third-order valence-electron chi connectivity index (χ3n) is 1.71. The predicted octanol–water partition coefficient (Wildman–Crippen LogP) is 2.16. The van der Waals surface area contributed by atoms with Gasteiger partial charge in [0.2, 0.25) is 0 Å². The molecule has 0 saturated carbocycles. The first-order chi connectivity index (χ1) is 6.40. The molecule has 0 spiro atoms. The molecule has 2 heterocycles. The van der Waals surface area contributed by atoms with Crippen molar-refractivity contribution in [2.75, 3.05) is 0 Å². The van der Waals surface area contributed by atoms with Crippen LogP contribution in [-0.4, -0.2) is 15.0 Å². The molecular formula is C9H9N3S. The van der Waals surface area contributed by atoms with Gasteiger partial charge in [-0.15, -0.1) is 11.3 Å². The lowest BCUT2D eigenvalue weighted by Gasteiger charge is -1.91. The predicted molar refractivity (Wildman–Crippen MR) is 52.5 cm³/mol. The summed E-state index contributed by atoms with van der Waals surface area (Å²) in [5.41, 5.74) is 0.993. The largest absolute Gasteiger partial charge is 0.244 e. The summed E-state index contributed by atoms with van der Waals surface area (Å²) < 4.78 is 0. The van der Waals surface area contributed by atoms with Crippen LogP contribution in [0.3, 0.4) is 0 Å². The van der Waals surface area contributed by atoms with Gasteiger partial charge in [0.25, 0.3) is 0 Å². The Morgan fingerprint density at radius 3 is 2.62 bits per heavy atom. The van der Waals surface area contributed by atoms with Crippen LogP contribution >= 0.6 is 11.3 Å². The minimum Gasteiger partial charge on any atom is -0.244 e. The molecule has 0 amide bonds. The Kier molecular flexibility index (Phi) is 2.31. The van der Waals surface area contributed by atoms with Gasteiger partial charge in [-0.1, -0.05) is 6.92 Å². The quantitative estimate of drug-likeness (QED) is 0.730. The first-order valence-electron chi connectivity index (χ1n) is 4.10. The summed E-state index contributed by atoms with van der Waals surface area (Å²) in [6.45, 7) is 2.12. The number of aryl methyl sites for hydroxylation is 1. The number of hydrogen-bond donors (Lipinski definition) is 0. The lowest BCUT2D eigenvalue weighted by Crippen LogP contribution is -1.79. The lowest BCUT2D eigenvalue weighted by molar-refractivity contribution is 1.16. The average molecular weight is 191 g/mol. The summed E-state index contributed by atoms with van der Waals surface area (Å²) in [4.78, 5) is 13.5. The molecule has 2 aromatic heterocycles. The molecule has 0 bridgehead atoms. The molecule has 4 heteroatoms. The van der Waals surface area contributed by atoms with Crippen molar-refractivity contribution in [1.29, 1.82) is 0 Å². The summed E-state index contributed by atoms with van der Waals surface area (Å²) in [6, 6.07) is 0. The van der Waals surface area contributed by atoms with Crippen molar-refractivity contribution >= 4 is 11.3 Å². The van der Waals surface area contributed by atoms with E-state index >= 15 is 0 Å². The second-order valence-corrected chi connectivity index (χ2v) is 3.73. The van der Waals surface area contributed by atoms with Crippen LogP contribution in [0.25, 0.3) is 10.6 Å². The third kappa shape index (κ3) is 1.72. The van der Waals surface area contributed by atoms with E-state index in [0.29, 0.717) is 0 Å². The molecule has 0 aliphatic heterocycles. The second kappa shape index (κ2) is 3.62. The normalized spacial score (nSPS) is 10.2. The highest BCUT2D eigenvalue weighted by molar-refractivity contribution is 7.15. The summed E-state index contributed by atoms with van der Waals surface area (Å²) in [5.74, 6) is 0. The smallest absolute Gasteiger partial charge is 0.126 e. The third-order valence-corrected chi connectivity index (χ3v) is 2.90. The van der Waals surface area contributed by atoms with Crippen LogP contribution in [0.5, 0.6) is 0 Å². The van der Waals surface area contributed by atoms with Gasteiger partial charge in [-0.3, -0.25) is 0 Å². The Hall–Kier alpha value is -1.29. The lowest BCUT2D eigenvalue weighted by atomic mass is 10.4. The molecule has 0 saturated heterocycles. The van der Waals surface area contributed by atoms with Crippen molar-refractivity contribution in [1.82, 2.24) is 15.0 Å². The van der Waals surface area contributed by atoms with E-state index in [1.165, 1.54) is 11.2 Å². The van der Waals surface area contributed by atoms with E-state index in [9.17, 15) is 0 Å². The zero-order valence-electron chi connectivity index (χ0n) is 7.27. The van der Waals surface area contributed by atoms with Crippen molar-refractivity contribution in [2.24, 2.45) is 0 Å². The van der Waals surface area contributed by atoms with Gasteiger partial charge in [-0.2, -0.15) is 0 Å². The minimum absolute atomic E-state index is 0.993. The van der Waals surface area contributed by atoms with E-state index in [4.69, 9.17) is 0 Å². The van der Waals surface area contributed by atoms with E-state index in [2.05, 4.69) is 21.9 Å². The van der Waals surface area contributed by atoms with E-state index in [0.717, 1.165) is 17.0 Å². The fraction of sp³-hybridized carbons (Fsp3) is 0.222. The average Bonchev–Trinajstić information content (AvgIpc) is 2.67. The van der Waals surface area contributed by atoms with Crippen molar-refractivity contribution in [2.45, 2.75) is 13.3 Å². The maximum atomic E-state index is 4.30. The van der Waals surface area contributed by atoms with Gasteiger partial charge < -0.3 is 0 Å². The van der Waals surface area contributed by atoms with Gasteiger partial charge in [-0.05, 0) is 6.42 Å². The Morgan fingerprint density at radius 2 is 2.00 bits per heavy atom. The Morgan fingerprint density at radius 1 is 1.23 bits per heavy atom. The number of rotatable bonds is 2. The number of hydrogen-bond acceptors (Lipinski definition) is 4. The molecule has 0 radical (unpaired) electrons. The van der Waals surface area contributed by atoms with Crippen LogP contribution in [-0.2, 0) is 6.42 Å². The van der Waals surface area contributed by atoms with Gasteiger partial charge in [0.1, 0.15) is 11.3 Å².